The van der Waals surface area contributed by atoms with Crippen molar-refractivity contribution in [1.82, 2.24) is 9.88 Å². The lowest BCUT2D eigenvalue weighted by atomic mass is 10.3. The Kier molecular flexibility index (Phi) is 4.39. The minimum atomic E-state index is -1.02. The molecule has 2 rings (SSSR count). The number of carbonyl (C=O) groups is 2. The molecule has 1 aromatic heterocycles. The molecule has 0 aromatic carbocycles. The molecule has 0 atom stereocenters. The molecule has 1 fully saturated rings. The van der Waals surface area contributed by atoms with Crippen molar-refractivity contribution >= 4 is 17.7 Å². The molecular formula is C13H17N3O4. The molecule has 20 heavy (non-hydrogen) atoms. The average molecular weight is 279 g/mol. The number of rotatable bonds is 6. The standard InChI is InChI=1S/C13H17N3O4/c1-20-11-5-4-10(6-14-11)15-13(19)16(8-12(17)18)7-9-2-3-9/h4-6,9H,2-3,7-8H2,1H3,(H,15,19)(H,17,18). The molecule has 7 nitrogen and oxygen atoms in total. The van der Waals surface area contributed by atoms with E-state index in [1.807, 2.05) is 0 Å². The summed E-state index contributed by atoms with van der Waals surface area (Å²) < 4.78 is 4.92. The highest BCUT2D eigenvalue weighted by Crippen LogP contribution is 2.29. The first-order valence-electron chi connectivity index (χ1n) is 6.36. The third kappa shape index (κ3) is 4.11. The molecular weight excluding hydrogens is 262 g/mol. The Balaban J connectivity index is 1.96. The van der Waals surface area contributed by atoms with Crippen LogP contribution in [0.15, 0.2) is 18.3 Å². The lowest BCUT2D eigenvalue weighted by molar-refractivity contribution is -0.137. The summed E-state index contributed by atoms with van der Waals surface area (Å²) >= 11 is 0. The first-order valence-corrected chi connectivity index (χ1v) is 6.36. The van der Waals surface area contributed by atoms with Gasteiger partial charge in [-0.15, -0.1) is 0 Å². The number of carbonyl (C=O) groups excluding carboxylic acids is 1. The van der Waals surface area contributed by atoms with E-state index in [9.17, 15) is 9.59 Å². The van der Waals surface area contributed by atoms with Crippen molar-refractivity contribution in [3.8, 4) is 5.88 Å². The molecule has 0 aliphatic heterocycles. The second-order valence-electron chi connectivity index (χ2n) is 4.74. The molecule has 0 spiro atoms. The van der Waals surface area contributed by atoms with E-state index in [4.69, 9.17) is 9.84 Å². The number of urea groups is 1. The normalized spacial score (nSPS) is 13.7. The number of pyridine rings is 1. The van der Waals surface area contributed by atoms with Gasteiger partial charge in [0, 0.05) is 12.6 Å². The van der Waals surface area contributed by atoms with Gasteiger partial charge in [0.05, 0.1) is 19.0 Å². The van der Waals surface area contributed by atoms with Crippen LogP contribution in [0.3, 0.4) is 0 Å². The van der Waals surface area contributed by atoms with Gasteiger partial charge in [-0.05, 0) is 24.8 Å². The molecule has 7 heteroatoms. The van der Waals surface area contributed by atoms with Gasteiger partial charge in [-0.3, -0.25) is 4.79 Å². The monoisotopic (exact) mass is 279 g/mol. The van der Waals surface area contributed by atoms with Crippen LogP contribution in [-0.4, -0.2) is 47.2 Å². The Hall–Kier alpha value is -2.31. The lowest BCUT2D eigenvalue weighted by Crippen LogP contribution is -2.40. The van der Waals surface area contributed by atoms with Gasteiger partial charge >= 0.3 is 12.0 Å². The van der Waals surface area contributed by atoms with E-state index in [1.165, 1.54) is 18.2 Å². The van der Waals surface area contributed by atoms with Crippen molar-refractivity contribution in [2.75, 3.05) is 25.5 Å². The highest BCUT2D eigenvalue weighted by atomic mass is 16.5. The second-order valence-corrected chi connectivity index (χ2v) is 4.74. The number of nitrogens with zero attached hydrogens (tertiary/aromatic N) is 2. The van der Waals surface area contributed by atoms with Crippen molar-refractivity contribution in [3.63, 3.8) is 0 Å². The Morgan fingerprint density at radius 3 is 2.75 bits per heavy atom. The minimum absolute atomic E-state index is 0.300. The summed E-state index contributed by atoms with van der Waals surface area (Å²) in [5.41, 5.74) is 0.502. The van der Waals surface area contributed by atoms with E-state index in [-0.39, 0.29) is 6.54 Å². The van der Waals surface area contributed by atoms with E-state index >= 15 is 0 Å². The quantitative estimate of drug-likeness (QED) is 0.821. The minimum Gasteiger partial charge on any atom is -0.481 e. The van der Waals surface area contributed by atoms with Crippen LogP contribution in [0.5, 0.6) is 5.88 Å². The van der Waals surface area contributed by atoms with Crippen molar-refractivity contribution in [2.24, 2.45) is 5.92 Å². The molecule has 1 saturated carbocycles. The number of aliphatic carboxylic acids is 1. The zero-order valence-corrected chi connectivity index (χ0v) is 11.2. The van der Waals surface area contributed by atoms with Crippen LogP contribution in [0.1, 0.15) is 12.8 Å². The van der Waals surface area contributed by atoms with Crippen LogP contribution in [0.2, 0.25) is 0 Å². The number of methoxy groups -OCH3 is 1. The van der Waals surface area contributed by atoms with Gasteiger partial charge in [0.2, 0.25) is 5.88 Å². The van der Waals surface area contributed by atoms with E-state index in [0.717, 1.165) is 12.8 Å². The number of hydrogen-bond acceptors (Lipinski definition) is 4. The topological polar surface area (TPSA) is 91.8 Å². The number of aromatic nitrogens is 1. The van der Waals surface area contributed by atoms with Crippen LogP contribution in [0.4, 0.5) is 10.5 Å². The number of carboxylic acids is 1. The number of ether oxygens (including phenoxy) is 1. The summed E-state index contributed by atoms with van der Waals surface area (Å²) in [5, 5.41) is 11.5. The summed E-state index contributed by atoms with van der Waals surface area (Å²) in [6.45, 7) is 0.174. The van der Waals surface area contributed by atoms with Crippen LogP contribution in [-0.2, 0) is 4.79 Å². The third-order valence-electron chi connectivity index (χ3n) is 2.99. The zero-order chi connectivity index (χ0) is 14.5. The average Bonchev–Trinajstić information content (AvgIpc) is 3.22. The second kappa shape index (κ2) is 6.23. The molecule has 0 radical (unpaired) electrons. The first kappa shape index (κ1) is 14.1. The molecule has 0 bridgehead atoms. The van der Waals surface area contributed by atoms with Crippen molar-refractivity contribution in [2.45, 2.75) is 12.8 Å². The molecule has 1 heterocycles. The van der Waals surface area contributed by atoms with Gasteiger partial charge in [-0.25, -0.2) is 9.78 Å². The molecule has 2 N–H and O–H groups in total. The fourth-order valence-electron chi connectivity index (χ4n) is 1.77. The first-order chi connectivity index (χ1) is 9.58. The number of amides is 2. The lowest BCUT2D eigenvalue weighted by Gasteiger charge is -2.20. The number of carboxylic acid groups (broad SMARTS) is 1. The Labute approximate surface area is 116 Å². The van der Waals surface area contributed by atoms with Crippen molar-refractivity contribution < 1.29 is 19.4 Å². The van der Waals surface area contributed by atoms with Crippen LogP contribution in [0, 0.1) is 5.92 Å². The summed E-state index contributed by atoms with van der Waals surface area (Å²) in [5.74, 6) is -0.147. The van der Waals surface area contributed by atoms with Crippen LogP contribution >= 0.6 is 0 Å². The number of hydrogen-bond donors (Lipinski definition) is 2. The Morgan fingerprint density at radius 2 is 2.25 bits per heavy atom. The maximum Gasteiger partial charge on any atom is 0.323 e. The number of nitrogens with one attached hydrogen (secondary N) is 1. The molecule has 1 aliphatic carbocycles. The van der Waals surface area contributed by atoms with Crippen LogP contribution in [0.25, 0.3) is 0 Å². The Morgan fingerprint density at radius 1 is 1.50 bits per heavy atom. The molecule has 1 aliphatic rings. The van der Waals surface area contributed by atoms with E-state index in [2.05, 4.69) is 10.3 Å². The largest absolute Gasteiger partial charge is 0.481 e. The van der Waals surface area contributed by atoms with E-state index < -0.39 is 12.0 Å². The molecule has 0 unspecified atom stereocenters. The molecule has 0 saturated heterocycles. The SMILES string of the molecule is COc1ccc(NC(=O)N(CC(=O)O)CC2CC2)cn1. The van der Waals surface area contributed by atoms with Crippen molar-refractivity contribution in [1.29, 1.82) is 0 Å². The predicted octanol–water partition coefficient (Wildman–Crippen LogP) is 1.42. The van der Waals surface area contributed by atoms with Gasteiger partial charge in [-0.1, -0.05) is 0 Å². The summed E-state index contributed by atoms with van der Waals surface area (Å²) in [4.78, 5) is 28.1. The number of anilines is 1. The molecule has 1 aromatic rings. The predicted molar refractivity (Wildman–Crippen MR) is 71.7 cm³/mol. The maximum atomic E-state index is 12.1. The molecule has 108 valence electrons. The van der Waals surface area contributed by atoms with Gasteiger partial charge < -0.3 is 20.1 Å². The van der Waals surface area contributed by atoms with Gasteiger partial charge in [0.1, 0.15) is 6.54 Å². The third-order valence-corrected chi connectivity index (χ3v) is 2.99. The van der Waals surface area contributed by atoms with Crippen LogP contribution < -0.4 is 10.1 Å². The van der Waals surface area contributed by atoms with Gasteiger partial charge in [-0.2, -0.15) is 0 Å². The van der Waals surface area contributed by atoms with Crippen molar-refractivity contribution in [3.05, 3.63) is 18.3 Å². The fourth-order valence-corrected chi connectivity index (χ4v) is 1.77. The fraction of sp³-hybridized carbons (Fsp3) is 0.462. The highest BCUT2D eigenvalue weighted by Gasteiger charge is 2.28. The smallest absolute Gasteiger partial charge is 0.323 e. The van der Waals surface area contributed by atoms with Gasteiger partial charge in [0.25, 0.3) is 0 Å². The van der Waals surface area contributed by atoms with E-state index in [0.29, 0.717) is 24.0 Å². The molecule has 2 amide bonds. The summed E-state index contributed by atoms with van der Waals surface area (Å²) in [7, 11) is 1.50. The maximum absolute atomic E-state index is 12.1. The summed E-state index contributed by atoms with van der Waals surface area (Å²) in [6.07, 6.45) is 3.56. The highest BCUT2D eigenvalue weighted by molar-refractivity contribution is 5.91. The van der Waals surface area contributed by atoms with Gasteiger partial charge in [0.15, 0.2) is 0 Å². The zero-order valence-electron chi connectivity index (χ0n) is 11.2. The Bertz CT molecular complexity index is 485. The summed E-state index contributed by atoms with van der Waals surface area (Å²) in [6, 6.07) is 2.85. The van der Waals surface area contributed by atoms with E-state index in [1.54, 1.807) is 12.1 Å².